The van der Waals surface area contributed by atoms with Gasteiger partial charge in [-0.1, -0.05) is 54.1 Å². The van der Waals surface area contributed by atoms with Crippen LogP contribution in [-0.4, -0.2) is 43.4 Å². The number of nitrogens with zero attached hydrogens (tertiary/aromatic N) is 1. The lowest BCUT2D eigenvalue weighted by atomic mass is 10.1. The molecule has 0 radical (unpaired) electrons. The van der Waals surface area contributed by atoms with E-state index >= 15 is 0 Å². The van der Waals surface area contributed by atoms with Crippen LogP contribution in [0.15, 0.2) is 59.6 Å². The third-order valence-corrected chi connectivity index (χ3v) is 4.06. The van der Waals surface area contributed by atoms with Crippen molar-refractivity contribution in [2.24, 2.45) is 4.99 Å². The number of hydrogen-bond donors (Lipinski definition) is 3. The van der Waals surface area contributed by atoms with Gasteiger partial charge in [0.25, 0.3) is 0 Å². The Hall–Kier alpha value is -1.35. The first-order valence-corrected chi connectivity index (χ1v) is 9.61. The predicted octanol–water partition coefficient (Wildman–Crippen LogP) is 3.63. The van der Waals surface area contributed by atoms with Crippen molar-refractivity contribution in [3.05, 3.63) is 70.7 Å². The van der Waals surface area contributed by atoms with Crippen molar-refractivity contribution in [3.63, 3.8) is 0 Å². The number of aliphatic hydroxyl groups excluding tert-OH is 1. The van der Waals surface area contributed by atoms with Crippen molar-refractivity contribution >= 4 is 41.5 Å². The van der Waals surface area contributed by atoms with Crippen LogP contribution in [0.3, 0.4) is 0 Å². The molecule has 154 valence electrons. The highest BCUT2D eigenvalue weighted by molar-refractivity contribution is 14.0. The molecule has 28 heavy (non-hydrogen) atoms. The van der Waals surface area contributed by atoms with Crippen LogP contribution in [0.5, 0.6) is 0 Å². The molecule has 2 aromatic carbocycles. The fourth-order valence-electron chi connectivity index (χ4n) is 2.50. The summed E-state index contributed by atoms with van der Waals surface area (Å²) in [6.07, 6.45) is 0.199. The molecule has 0 aliphatic heterocycles. The smallest absolute Gasteiger partial charge is 0.191 e. The maximum atomic E-state index is 10.1. The van der Waals surface area contributed by atoms with Gasteiger partial charge in [-0.15, -0.1) is 24.0 Å². The minimum atomic E-state index is -0.642. The zero-order valence-electron chi connectivity index (χ0n) is 16.1. The van der Waals surface area contributed by atoms with Gasteiger partial charge in [-0.3, -0.25) is 4.99 Å². The fourth-order valence-corrected chi connectivity index (χ4v) is 2.71. The Bertz CT molecular complexity index is 701. The lowest BCUT2D eigenvalue weighted by Crippen LogP contribution is -2.39. The maximum absolute atomic E-state index is 10.1. The highest BCUT2D eigenvalue weighted by Crippen LogP contribution is 2.10. The molecule has 5 nitrogen and oxygen atoms in total. The summed E-state index contributed by atoms with van der Waals surface area (Å²) >= 11 is 6.01. The van der Waals surface area contributed by atoms with E-state index in [0.717, 1.165) is 30.1 Å². The Balaban J connectivity index is 0.00000392. The summed E-state index contributed by atoms with van der Waals surface area (Å²) in [6, 6.07) is 17.7. The van der Waals surface area contributed by atoms with Gasteiger partial charge in [-0.2, -0.15) is 0 Å². The number of nitrogens with one attached hydrogen (secondary N) is 2. The van der Waals surface area contributed by atoms with Gasteiger partial charge in [0, 0.05) is 18.1 Å². The van der Waals surface area contributed by atoms with E-state index in [0.29, 0.717) is 12.6 Å². The second-order valence-electron chi connectivity index (χ2n) is 6.18. The molecule has 1 unspecified atom stereocenters. The van der Waals surface area contributed by atoms with Crippen molar-refractivity contribution < 1.29 is 9.84 Å². The van der Waals surface area contributed by atoms with Gasteiger partial charge in [0.15, 0.2) is 5.96 Å². The monoisotopic (exact) mass is 517 g/mol. The Labute approximate surface area is 189 Å². The lowest BCUT2D eigenvalue weighted by molar-refractivity contribution is 0.0331. The first kappa shape index (κ1) is 24.7. The van der Waals surface area contributed by atoms with E-state index in [-0.39, 0.29) is 37.1 Å². The van der Waals surface area contributed by atoms with Crippen LogP contribution >= 0.6 is 35.6 Å². The molecule has 0 bridgehead atoms. The molecule has 7 heteroatoms. The van der Waals surface area contributed by atoms with E-state index in [1.165, 1.54) is 5.56 Å². The highest BCUT2D eigenvalue weighted by atomic mass is 127. The molecule has 0 fully saturated rings. The van der Waals surface area contributed by atoms with Crippen LogP contribution in [0.1, 0.15) is 18.1 Å². The highest BCUT2D eigenvalue weighted by Gasteiger charge is 2.05. The van der Waals surface area contributed by atoms with E-state index in [2.05, 4.69) is 15.6 Å². The van der Waals surface area contributed by atoms with Gasteiger partial charge in [-0.25, -0.2) is 0 Å². The Morgan fingerprint density at radius 2 is 1.86 bits per heavy atom. The third-order valence-electron chi connectivity index (χ3n) is 3.82. The molecular weight excluding hydrogens is 489 g/mol. The second-order valence-corrected chi connectivity index (χ2v) is 6.62. The molecular formula is C21H29ClIN3O2. The first-order chi connectivity index (χ1) is 13.2. The lowest BCUT2D eigenvalue weighted by Gasteiger charge is -2.13. The average Bonchev–Trinajstić information content (AvgIpc) is 2.67. The van der Waals surface area contributed by atoms with Crippen LogP contribution in [0.4, 0.5) is 0 Å². The number of hydrogen-bond acceptors (Lipinski definition) is 3. The number of guanidine groups is 1. The Kier molecular flexibility index (Phi) is 12.9. The Morgan fingerprint density at radius 1 is 1.11 bits per heavy atom. The molecule has 3 N–H and O–H groups in total. The molecule has 0 amide bonds. The molecule has 0 aliphatic rings. The SMILES string of the molecule is CCNC(=NCC(O)COCc1ccccc1)NCCc1cccc(Cl)c1.I. The van der Waals surface area contributed by atoms with Gasteiger partial charge in [0.2, 0.25) is 0 Å². The minimum absolute atomic E-state index is 0. The summed E-state index contributed by atoms with van der Waals surface area (Å²) < 4.78 is 5.55. The molecule has 2 aromatic rings. The molecule has 0 aromatic heterocycles. The van der Waals surface area contributed by atoms with E-state index in [1.807, 2.05) is 61.5 Å². The quantitative estimate of drug-likeness (QED) is 0.256. The molecule has 0 saturated heterocycles. The molecule has 1 atom stereocenters. The van der Waals surface area contributed by atoms with E-state index in [1.54, 1.807) is 0 Å². The zero-order chi connectivity index (χ0) is 19.3. The predicted molar refractivity (Wildman–Crippen MR) is 127 cm³/mol. The number of aliphatic imine (C=N–C) groups is 1. The van der Waals surface area contributed by atoms with Gasteiger partial charge in [-0.05, 0) is 36.6 Å². The fraction of sp³-hybridized carbons (Fsp3) is 0.381. The van der Waals surface area contributed by atoms with Gasteiger partial charge >= 0.3 is 0 Å². The number of halogens is 2. The largest absolute Gasteiger partial charge is 0.389 e. The van der Waals surface area contributed by atoms with Crippen molar-refractivity contribution in [1.29, 1.82) is 0 Å². The summed E-state index contributed by atoms with van der Waals surface area (Å²) in [7, 11) is 0. The molecule has 0 saturated carbocycles. The van der Waals surface area contributed by atoms with Gasteiger partial charge < -0.3 is 20.5 Å². The average molecular weight is 518 g/mol. The maximum Gasteiger partial charge on any atom is 0.191 e. The summed E-state index contributed by atoms with van der Waals surface area (Å²) in [5.74, 6) is 0.682. The van der Waals surface area contributed by atoms with Crippen molar-refractivity contribution in [3.8, 4) is 0 Å². The van der Waals surface area contributed by atoms with Crippen LogP contribution in [0, 0.1) is 0 Å². The van der Waals surface area contributed by atoms with Gasteiger partial charge in [0.1, 0.15) is 0 Å². The summed E-state index contributed by atoms with van der Waals surface area (Å²) in [6.45, 7) is 4.51. The second kappa shape index (κ2) is 14.6. The number of aliphatic hydroxyl groups is 1. The van der Waals surface area contributed by atoms with Crippen molar-refractivity contribution in [2.75, 3.05) is 26.2 Å². The molecule has 2 rings (SSSR count). The summed E-state index contributed by atoms with van der Waals surface area (Å²) in [5, 5.41) is 17.3. The molecule has 0 spiro atoms. The van der Waals surface area contributed by atoms with Crippen molar-refractivity contribution in [2.45, 2.75) is 26.1 Å². The standard InChI is InChI=1S/C21H28ClN3O2.HI/c1-2-23-21(24-12-11-17-9-6-10-19(22)13-17)25-14-20(26)16-27-15-18-7-4-3-5-8-18;/h3-10,13,20,26H,2,11-12,14-16H2,1H3,(H2,23,24,25);1H. The van der Waals surface area contributed by atoms with Crippen LogP contribution < -0.4 is 10.6 Å². The topological polar surface area (TPSA) is 65.9 Å². The Morgan fingerprint density at radius 3 is 2.57 bits per heavy atom. The minimum Gasteiger partial charge on any atom is -0.389 e. The molecule has 0 heterocycles. The zero-order valence-corrected chi connectivity index (χ0v) is 19.2. The number of rotatable bonds is 10. The van der Waals surface area contributed by atoms with Crippen LogP contribution in [0.2, 0.25) is 5.02 Å². The van der Waals surface area contributed by atoms with Crippen LogP contribution in [-0.2, 0) is 17.8 Å². The third kappa shape index (κ3) is 10.3. The first-order valence-electron chi connectivity index (χ1n) is 9.23. The number of benzene rings is 2. The van der Waals surface area contributed by atoms with E-state index in [9.17, 15) is 5.11 Å². The van der Waals surface area contributed by atoms with Gasteiger partial charge in [0.05, 0.1) is 25.9 Å². The molecule has 0 aliphatic carbocycles. The van der Waals surface area contributed by atoms with Crippen molar-refractivity contribution in [1.82, 2.24) is 10.6 Å². The van der Waals surface area contributed by atoms with E-state index in [4.69, 9.17) is 16.3 Å². The number of ether oxygens (including phenoxy) is 1. The normalized spacial score (nSPS) is 12.2. The van der Waals surface area contributed by atoms with Crippen LogP contribution in [0.25, 0.3) is 0 Å². The van der Waals surface area contributed by atoms with E-state index < -0.39 is 6.10 Å². The summed E-state index contributed by atoms with van der Waals surface area (Å²) in [5.41, 5.74) is 2.25. The summed E-state index contributed by atoms with van der Waals surface area (Å²) in [4.78, 5) is 4.43.